The molecule has 0 aliphatic carbocycles. The quantitative estimate of drug-likeness (QED) is 0.746. The Morgan fingerprint density at radius 2 is 2.07 bits per heavy atom. The largest absolute Gasteiger partial charge is 0.381 e. The number of hydrogen-bond donors (Lipinski definition) is 1. The van der Waals surface area contributed by atoms with E-state index in [1.165, 1.54) is 0 Å². The van der Waals surface area contributed by atoms with Gasteiger partial charge in [0.15, 0.2) is 0 Å². The summed E-state index contributed by atoms with van der Waals surface area (Å²) in [6.07, 6.45) is 1.92. The molecule has 0 unspecified atom stereocenters. The van der Waals surface area contributed by atoms with Gasteiger partial charge in [-0.05, 0) is 12.8 Å². The second kappa shape index (κ2) is 6.08. The molecule has 1 aliphatic heterocycles. The highest BCUT2D eigenvalue weighted by Gasteiger charge is 2.21. The van der Waals surface area contributed by atoms with Gasteiger partial charge in [0.2, 0.25) is 5.91 Å². The summed E-state index contributed by atoms with van der Waals surface area (Å²) < 4.78 is 5.27. The number of likely N-dealkylation sites (N-methyl/N-ethyl adjacent to an activating group) is 1. The van der Waals surface area contributed by atoms with Crippen molar-refractivity contribution >= 4 is 5.91 Å². The van der Waals surface area contributed by atoms with Gasteiger partial charge in [-0.25, -0.2) is 0 Å². The molecule has 1 amide bonds. The zero-order valence-corrected chi connectivity index (χ0v) is 9.95. The van der Waals surface area contributed by atoms with E-state index in [-0.39, 0.29) is 5.91 Å². The van der Waals surface area contributed by atoms with E-state index in [4.69, 9.17) is 4.74 Å². The molecule has 0 spiro atoms. The van der Waals surface area contributed by atoms with Crippen molar-refractivity contribution in [2.24, 2.45) is 0 Å². The molecule has 0 radical (unpaired) electrons. The number of ether oxygens (including phenoxy) is 1. The summed E-state index contributed by atoms with van der Waals surface area (Å²) in [5.74, 6) is 0.176. The fraction of sp³-hybridized carbons (Fsp3) is 0.909. The minimum atomic E-state index is 0.176. The van der Waals surface area contributed by atoms with Crippen LogP contribution in [0.4, 0.5) is 0 Å². The number of nitrogens with one attached hydrogen (secondary N) is 1. The minimum Gasteiger partial charge on any atom is -0.381 e. The van der Waals surface area contributed by atoms with Crippen LogP contribution in [0.15, 0.2) is 0 Å². The lowest BCUT2D eigenvalue weighted by Gasteiger charge is -2.31. The summed E-state index contributed by atoms with van der Waals surface area (Å²) in [7, 11) is 1.89. The predicted molar refractivity (Wildman–Crippen MR) is 59.7 cm³/mol. The Morgan fingerprint density at radius 3 is 2.60 bits per heavy atom. The molecular weight excluding hydrogens is 192 g/mol. The molecule has 1 heterocycles. The van der Waals surface area contributed by atoms with Gasteiger partial charge >= 0.3 is 0 Å². The van der Waals surface area contributed by atoms with Gasteiger partial charge < -0.3 is 15.0 Å². The third-order valence-corrected chi connectivity index (χ3v) is 2.79. The standard InChI is InChI=1S/C11H22N2O2/c1-9(2)12-8-11(14)13(3)10-4-6-15-7-5-10/h9-10,12H,4-8H2,1-3H3. The number of carbonyl (C=O) groups excluding carboxylic acids is 1. The van der Waals surface area contributed by atoms with Crippen molar-refractivity contribution in [3.8, 4) is 0 Å². The molecule has 0 aromatic heterocycles. The highest BCUT2D eigenvalue weighted by Crippen LogP contribution is 2.12. The lowest BCUT2D eigenvalue weighted by atomic mass is 10.1. The van der Waals surface area contributed by atoms with Crippen molar-refractivity contribution < 1.29 is 9.53 Å². The van der Waals surface area contributed by atoms with Crippen LogP contribution in [-0.2, 0) is 9.53 Å². The number of hydrogen-bond acceptors (Lipinski definition) is 3. The first-order valence-corrected chi connectivity index (χ1v) is 5.68. The van der Waals surface area contributed by atoms with E-state index in [2.05, 4.69) is 5.32 Å². The summed E-state index contributed by atoms with van der Waals surface area (Å²) in [6.45, 7) is 6.08. The van der Waals surface area contributed by atoms with E-state index in [9.17, 15) is 4.79 Å². The highest BCUT2D eigenvalue weighted by atomic mass is 16.5. The van der Waals surface area contributed by atoms with Crippen molar-refractivity contribution in [2.75, 3.05) is 26.8 Å². The topological polar surface area (TPSA) is 41.6 Å². The van der Waals surface area contributed by atoms with Crippen LogP contribution >= 0.6 is 0 Å². The van der Waals surface area contributed by atoms with Crippen LogP contribution in [-0.4, -0.2) is 49.7 Å². The van der Waals surface area contributed by atoms with Gasteiger partial charge in [-0.3, -0.25) is 4.79 Å². The normalized spacial score (nSPS) is 18.1. The Morgan fingerprint density at radius 1 is 1.47 bits per heavy atom. The van der Waals surface area contributed by atoms with E-state index in [1.807, 2.05) is 25.8 Å². The first-order valence-electron chi connectivity index (χ1n) is 5.68. The van der Waals surface area contributed by atoms with Crippen LogP contribution in [0.5, 0.6) is 0 Å². The summed E-state index contributed by atoms with van der Waals surface area (Å²) in [5.41, 5.74) is 0. The molecule has 0 saturated carbocycles. The van der Waals surface area contributed by atoms with E-state index >= 15 is 0 Å². The molecule has 0 aromatic rings. The maximum absolute atomic E-state index is 11.8. The van der Waals surface area contributed by atoms with Crippen LogP contribution in [0, 0.1) is 0 Å². The van der Waals surface area contributed by atoms with Crippen LogP contribution < -0.4 is 5.32 Å². The van der Waals surface area contributed by atoms with Crippen molar-refractivity contribution in [3.63, 3.8) is 0 Å². The first kappa shape index (κ1) is 12.5. The average molecular weight is 214 g/mol. The highest BCUT2D eigenvalue weighted by molar-refractivity contribution is 5.78. The number of amides is 1. The monoisotopic (exact) mass is 214 g/mol. The number of nitrogens with zero attached hydrogens (tertiary/aromatic N) is 1. The van der Waals surface area contributed by atoms with E-state index in [1.54, 1.807) is 0 Å². The molecule has 1 N–H and O–H groups in total. The molecule has 88 valence electrons. The molecule has 4 heteroatoms. The van der Waals surface area contributed by atoms with Gasteiger partial charge in [-0.2, -0.15) is 0 Å². The van der Waals surface area contributed by atoms with E-state index in [0.29, 0.717) is 18.6 Å². The number of rotatable bonds is 4. The molecule has 4 nitrogen and oxygen atoms in total. The Balaban J connectivity index is 2.30. The third-order valence-electron chi connectivity index (χ3n) is 2.79. The maximum Gasteiger partial charge on any atom is 0.236 e. The second-order valence-corrected chi connectivity index (χ2v) is 4.38. The predicted octanol–water partition coefficient (Wildman–Crippen LogP) is 0.622. The lowest BCUT2D eigenvalue weighted by Crippen LogP contribution is -2.45. The summed E-state index contributed by atoms with van der Waals surface area (Å²) >= 11 is 0. The molecule has 0 aromatic carbocycles. The van der Waals surface area contributed by atoms with Crippen molar-refractivity contribution in [1.29, 1.82) is 0 Å². The van der Waals surface area contributed by atoms with Gasteiger partial charge in [0.05, 0.1) is 6.54 Å². The van der Waals surface area contributed by atoms with Crippen LogP contribution in [0.3, 0.4) is 0 Å². The molecule has 1 fully saturated rings. The second-order valence-electron chi connectivity index (χ2n) is 4.38. The fourth-order valence-electron chi connectivity index (χ4n) is 1.69. The SMILES string of the molecule is CC(C)NCC(=O)N(C)C1CCOCC1. The third kappa shape index (κ3) is 4.18. The Bertz CT molecular complexity index is 201. The smallest absolute Gasteiger partial charge is 0.236 e. The first-order chi connectivity index (χ1) is 7.11. The van der Waals surface area contributed by atoms with Gasteiger partial charge in [-0.1, -0.05) is 13.8 Å². The summed E-state index contributed by atoms with van der Waals surface area (Å²) in [6, 6.07) is 0.720. The van der Waals surface area contributed by atoms with Gasteiger partial charge in [0, 0.05) is 32.3 Å². The minimum absolute atomic E-state index is 0.176. The molecule has 1 rings (SSSR count). The van der Waals surface area contributed by atoms with Crippen molar-refractivity contribution in [2.45, 2.75) is 38.8 Å². The molecule has 1 saturated heterocycles. The Kier molecular flexibility index (Phi) is 5.05. The zero-order chi connectivity index (χ0) is 11.3. The maximum atomic E-state index is 11.8. The molecule has 0 bridgehead atoms. The van der Waals surface area contributed by atoms with E-state index in [0.717, 1.165) is 26.1 Å². The number of carbonyl (C=O) groups is 1. The Labute approximate surface area is 92.0 Å². The summed E-state index contributed by atoms with van der Waals surface area (Å²) in [5, 5.41) is 3.14. The summed E-state index contributed by atoms with van der Waals surface area (Å²) in [4.78, 5) is 13.6. The fourth-order valence-corrected chi connectivity index (χ4v) is 1.69. The molecule has 15 heavy (non-hydrogen) atoms. The molecule has 1 aliphatic rings. The van der Waals surface area contributed by atoms with E-state index < -0.39 is 0 Å². The van der Waals surface area contributed by atoms with Crippen molar-refractivity contribution in [3.05, 3.63) is 0 Å². The average Bonchev–Trinajstić information content (AvgIpc) is 2.26. The molecule has 0 atom stereocenters. The lowest BCUT2D eigenvalue weighted by molar-refractivity contribution is -0.132. The van der Waals surface area contributed by atoms with Crippen LogP contribution in [0.2, 0.25) is 0 Å². The van der Waals surface area contributed by atoms with Gasteiger partial charge in [0.1, 0.15) is 0 Å². The Hall–Kier alpha value is -0.610. The van der Waals surface area contributed by atoms with Crippen LogP contribution in [0.1, 0.15) is 26.7 Å². The molecular formula is C11H22N2O2. The van der Waals surface area contributed by atoms with Gasteiger partial charge in [-0.15, -0.1) is 0 Å². The van der Waals surface area contributed by atoms with Crippen molar-refractivity contribution in [1.82, 2.24) is 10.2 Å². The zero-order valence-electron chi connectivity index (χ0n) is 9.95. The van der Waals surface area contributed by atoms with Crippen LogP contribution in [0.25, 0.3) is 0 Å². The van der Waals surface area contributed by atoms with Gasteiger partial charge in [0.25, 0.3) is 0 Å².